The zero-order valence-corrected chi connectivity index (χ0v) is 13.0. The van der Waals surface area contributed by atoms with Crippen LogP contribution < -0.4 is 11.1 Å². The monoisotopic (exact) mass is 314 g/mol. The molecule has 0 bridgehead atoms. The van der Waals surface area contributed by atoms with Crippen molar-refractivity contribution in [2.24, 2.45) is 0 Å². The molecule has 0 radical (unpaired) electrons. The first-order valence-corrected chi connectivity index (χ1v) is 7.09. The van der Waals surface area contributed by atoms with Gasteiger partial charge in [0.25, 0.3) is 0 Å². The van der Waals surface area contributed by atoms with Crippen molar-refractivity contribution in [3.05, 3.63) is 52.9 Å². The molecule has 2 heterocycles. The number of hydrogen-bond acceptors (Lipinski definition) is 5. The van der Waals surface area contributed by atoms with Gasteiger partial charge >= 0.3 is 0 Å². The van der Waals surface area contributed by atoms with Crippen LogP contribution in [0, 0.1) is 13.8 Å². The summed E-state index contributed by atoms with van der Waals surface area (Å²) in [6.07, 6.45) is 1.58. The average molecular weight is 315 g/mol. The van der Waals surface area contributed by atoms with Gasteiger partial charge in [-0.1, -0.05) is 11.6 Å². The van der Waals surface area contributed by atoms with E-state index in [1.807, 2.05) is 32.0 Å². The third kappa shape index (κ3) is 2.87. The highest BCUT2D eigenvalue weighted by Gasteiger charge is 2.11. The van der Waals surface area contributed by atoms with Gasteiger partial charge in [-0.3, -0.25) is 0 Å². The maximum Gasteiger partial charge on any atom is 0.198 e. The highest BCUT2D eigenvalue weighted by Crippen LogP contribution is 2.21. The lowest BCUT2D eigenvalue weighted by Gasteiger charge is -2.10. The average Bonchev–Trinajstić information content (AvgIpc) is 2.82. The predicted molar refractivity (Wildman–Crippen MR) is 87.8 cm³/mol. The van der Waals surface area contributed by atoms with Crippen LogP contribution in [0.15, 0.2) is 36.5 Å². The highest BCUT2D eigenvalue weighted by molar-refractivity contribution is 6.30. The topological polar surface area (TPSA) is 81.7 Å². The van der Waals surface area contributed by atoms with Gasteiger partial charge in [-0.25, -0.2) is 14.6 Å². The first-order valence-electron chi connectivity index (χ1n) is 6.71. The maximum absolute atomic E-state index is 5.93. The molecule has 0 atom stereocenters. The number of nitrogens with two attached hydrogens (primary N) is 1. The molecule has 6 nitrogen and oxygen atoms in total. The molecule has 2 aromatic heterocycles. The van der Waals surface area contributed by atoms with Crippen molar-refractivity contribution in [1.29, 1.82) is 0 Å². The molecule has 0 amide bonds. The van der Waals surface area contributed by atoms with Crippen LogP contribution in [0.4, 0.5) is 17.3 Å². The molecule has 112 valence electrons. The summed E-state index contributed by atoms with van der Waals surface area (Å²) in [6, 6.07) is 9.29. The van der Waals surface area contributed by atoms with E-state index in [0.29, 0.717) is 22.5 Å². The predicted octanol–water partition coefficient (Wildman–Crippen LogP) is 3.26. The number of nitrogen functional groups attached to an aromatic ring is 1. The Morgan fingerprint density at radius 1 is 1.18 bits per heavy atom. The molecule has 0 unspecified atom stereocenters. The number of halogens is 1. The third-order valence-corrected chi connectivity index (χ3v) is 3.36. The molecule has 0 aliphatic rings. The zero-order chi connectivity index (χ0) is 15.7. The maximum atomic E-state index is 5.93. The first kappa shape index (κ1) is 14.3. The Balaban J connectivity index is 1.96. The number of aromatic nitrogens is 4. The van der Waals surface area contributed by atoms with Gasteiger partial charge in [0.15, 0.2) is 17.5 Å². The number of hydrogen-bond donors (Lipinski definition) is 2. The Bertz CT molecular complexity index is 809. The van der Waals surface area contributed by atoms with Gasteiger partial charge in [0.05, 0.1) is 11.9 Å². The molecule has 22 heavy (non-hydrogen) atoms. The lowest BCUT2D eigenvalue weighted by atomic mass is 10.3. The smallest absolute Gasteiger partial charge is 0.198 e. The fourth-order valence-electron chi connectivity index (χ4n) is 2.13. The Kier molecular flexibility index (Phi) is 3.68. The molecule has 0 spiro atoms. The molecule has 3 rings (SSSR count). The number of aryl methyl sites for hydroxylation is 2. The first-order chi connectivity index (χ1) is 10.5. The van der Waals surface area contributed by atoms with Crippen molar-refractivity contribution in [1.82, 2.24) is 19.7 Å². The van der Waals surface area contributed by atoms with E-state index in [9.17, 15) is 0 Å². The minimum atomic E-state index is 0.327. The van der Waals surface area contributed by atoms with Crippen molar-refractivity contribution in [2.75, 3.05) is 11.1 Å². The van der Waals surface area contributed by atoms with E-state index >= 15 is 0 Å². The van der Waals surface area contributed by atoms with Gasteiger partial charge in [0.1, 0.15) is 0 Å². The van der Waals surface area contributed by atoms with Crippen molar-refractivity contribution in [3.63, 3.8) is 0 Å². The molecule has 3 aromatic rings. The number of benzene rings is 1. The van der Waals surface area contributed by atoms with Gasteiger partial charge in [-0.2, -0.15) is 5.10 Å². The molecule has 1 aromatic carbocycles. The standard InChI is InChI=1S/C15H15ClN6/c1-9-7-10(2)22(21-9)15-14(17)18-8-13(20-15)19-12-5-3-11(16)4-6-12/h3-8H,1-2H3,(H2,17,18)(H,19,20). The van der Waals surface area contributed by atoms with Crippen LogP contribution in [-0.2, 0) is 0 Å². The lowest BCUT2D eigenvalue weighted by Crippen LogP contribution is -2.09. The van der Waals surface area contributed by atoms with Gasteiger partial charge in [0.2, 0.25) is 0 Å². The summed E-state index contributed by atoms with van der Waals surface area (Å²) in [6.45, 7) is 3.86. The van der Waals surface area contributed by atoms with Crippen LogP contribution in [0.1, 0.15) is 11.4 Å². The summed E-state index contributed by atoms with van der Waals surface area (Å²) in [5.74, 6) is 1.41. The van der Waals surface area contributed by atoms with E-state index in [1.54, 1.807) is 23.0 Å². The molecule has 0 fully saturated rings. The largest absolute Gasteiger partial charge is 0.381 e. The Morgan fingerprint density at radius 3 is 2.55 bits per heavy atom. The highest BCUT2D eigenvalue weighted by atomic mass is 35.5. The summed E-state index contributed by atoms with van der Waals surface area (Å²) in [5.41, 5.74) is 8.64. The van der Waals surface area contributed by atoms with Crippen LogP contribution in [0.2, 0.25) is 5.02 Å². The SMILES string of the molecule is Cc1cc(C)n(-c2nc(Nc3ccc(Cl)cc3)cnc2N)n1. The minimum Gasteiger partial charge on any atom is -0.381 e. The van der Waals surface area contributed by atoms with Crippen molar-refractivity contribution >= 4 is 28.9 Å². The minimum absolute atomic E-state index is 0.327. The third-order valence-electron chi connectivity index (χ3n) is 3.11. The normalized spacial score (nSPS) is 10.7. The van der Waals surface area contributed by atoms with E-state index < -0.39 is 0 Å². The summed E-state index contributed by atoms with van der Waals surface area (Å²) in [7, 11) is 0. The van der Waals surface area contributed by atoms with Crippen LogP contribution >= 0.6 is 11.6 Å². The molecular weight excluding hydrogens is 300 g/mol. The van der Waals surface area contributed by atoms with E-state index in [0.717, 1.165) is 17.1 Å². The zero-order valence-electron chi connectivity index (χ0n) is 12.2. The van der Waals surface area contributed by atoms with Gasteiger partial charge in [0, 0.05) is 16.4 Å². The molecule has 0 aliphatic heterocycles. The second kappa shape index (κ2) is 5.65. The number of rotatable bonds is 3. The Hall–Kier alpha value is -2.60. The summed E-state index contributed by atoms with van der Waals surface area (Å²) in [4.78, 5) is 8.69. The number of anilines is 3. The van der Waals surface area contributed by atoms with Crippen LogP contribution in [0.3, 0.4) is 0 Å². The van der Waals surface area contributed by atoms with Gasteiger partial charge < -0.3 is 11.1 Å². The number of nitrogens with one attached hydrogen (secondary N) is 1. The Labute approximate surface area is 133 Å². The van der Waals surface area contributed by atoms with Crippen LogP contribution in [0.25, 0.3) is 5.82 Å². The summed E-state index contributed by atoms with van der Waals surface area (Å²) >= 11 is 5.88. The van der Waals surface area contributed by atoms with Crippen LogP contribution in [-0.4, -0.2) is 19.7 Å². The van der Waals surface area contributed by atoms with E-state index in [4.69, 9.17) is 17.3 Å². The number of nitrogens with zero attached hydrogens (tertiary/aromatic N) is 4. The van der Waals surface area contributed by atoms with E-state index in [1.165, 1.54) is 0 Å². The fraction of sp³-hybridized carbons (Fsp3) is 0.133. The lowest BCUT2D eigenvalue weighted by molar-refractivity contribution is 0.804. The fourth-order valence-corrected chi connectivity index (χ4v) is 2.26. The van der Waals surface area contributed by atoms with Crippen molar-refractivity contribution < 1.29 is 0 Å². The van der Waals surface area contributed by atoms with E-state index in [2.05, 4.69) is 20.4 Å². The molecule has 7 heteroatoms. The van der Waals surface area contributed by atoms with Crippen molar-refractivity contribution in [2.45, 2.75) is 13.8 Å². The summed E-state index contributed by atoms with van der Waals surface area (Å²) < 4.78 is 1.69. The second-order valence-corrected chi connectivity index (χ2v) is 5.37. The van der Waals surface area contributed by atoms with Gasteiger partial charge in [-0.15, -0.1) is 0 Å². The van der Waals surface area contributed by atoms with E-state index in [-0.39, 0.29) is 0 Å². The molecule has 3 N–H and O–H groups in total. The second-order valence-electron chi connectivity index (χ2n) is 4.93. The molecule has 0 saturated carbocycles. The molecule has 0 saturated heterocycles. The molecular formula is C15H15ClN6. The quantitative estimate of drug-likeness (QED) is 0.775. The summed E-state index contributed by atoms with van der Waals surface area (Å²) in [5, 5.41) is 8.23. The van der Waals surface area contributed by atoms with Gasteiger partial charge in [-0.05, 0) is 44.2 Å². The van der Waals surface area contributed by atoms with Crippen molar-refractivity contribution in [3.8, 4) is 5.82 Å². The van der Waals surface area contributed by atoms with Crippen LogP contribution in [0.5, 0.6) is 0 Å². The molecule has 0 aliphatic carbocycles. The Morgan fingerprint density at radius 2 is 1.91 bits per heavy atom.